The molecule has 104 valence electrons. The number of hydrogen-bond donors (Lipinski definition) is 1. The fourth-order valence-corrected chi connectivity index (χ4v) is 1.91. The lowest BCUT2D eigenvalue weighted by Gasteiger charge is -2.26. The monoisotopic (exact) mass is 273 g/mol. The van der Waals surface area contributed by atoms with E-state index in [1.165, 1.54) is 0 Å². The molecule has 0 bridgehead atoms. The summed E-state index contributed by atoms with van der Waals surface area (Å²) < 4.78 is 10.9. The van der Waals surface area contributed by atoms with Crippen LogP contribution in [0.4, 0.5) is 11.9 Å². The second-order valence-corrected chi connectivity index (χ2v) is 4.29. The molecule has 7 nitrogen and oxygen atoms in total. The lowest BCUT2D eigenvalue weighted by atomic mass is 10.3. The fourth-order valence-electron chi connectivity index (χ4n) is 1.91. The van der Waals surface area contributed by atoms with E-state index in [1.807, 2.05) is 35.2 Å². The number of para-hydroxylation sites is 1. The Labute approximate surface area is 116 Å². The summed E-state index contributed by atoms with van der Waals surface area (Å²) in [7, 11) is 0. The van der Waals surface area contributed by atoms with Gasteiger partial charge in [0.1, 0.15) is 5.75 Å². The van der Waals surface area contributed by atoms with Crippen molar-refractivity contribution in [2.24, 2.45) is 0 Å². The van der Waals surface area contributed by atoms with E-state index in [-0.39, 0.29) is 12.0 Å². The molecule has 1 aromatic carbocycles. The number of nitrogen functional groups attached to an aromatic ring is 1. The van der Waals surface area contributed by atoms with E-state index in [0.29, 0.717) is 24.9 Å². The zero-order valence-corrected chi connectivity index (χ0v) is 10.9. The summed E-state index contributed by atoms with van der Waals surface area (Å²) in [4.78, 5) is 14.4. The van der Waals surface area contributed by atoms with Gasteiger partial charge in [0.15, 0.2) is 0 Å². The average Bonchev–Trinajstić information content (AvgIpc) is 2.49. The van der Waals surface area contributed by atoms with Crippen LogP contribution in [0.5, 0.6) is 11.8 Å². The van der Waals surface area contributed by atoms with E-state index < -0.39 is 0 Å². The summed E-state index contributed by atoms with van der Waals surface area (Å²) in [6.45, 7) is 2.77. The molecule has 2 heterocycles. The molecule has 0 radical (unpaired) electrons. The molecule has 20 heavy (non-hydrogen) atoms. The van der Waals surface area contributed by atoms with E-state index in [1.54, 1.807) is 0 Å². The minimum Gasteiger partial charge on any atom is -0.424 e. The topological polar surface area (TPSA) is 86.4 Å². The van der Waals surface area contributed by atoms with Gasteiger partial charge in [0.2, 0.25) is 11.9 Å². The molecule has 0 amide bonds. The van der Waals surface area contributed by atoms with Crippen molar-refractivity contribution in [1.29, 1.82) is 0 Å². The van der Waals surface area contributed by atoms with E-state index in [2.05, 4.69) is 15.0 Å². The van der Waals surface area contributed by atoms with Crippen LogP contribution in [0.25, 0.3) is 0 Å². The van der Waals surface area contributed by atoms with Crippen molar-refractivity contribution in [3.8, 4) is 11.8 Å². The Balaban J connectivity index is 1.82. The highest BCUT2D eigenvalue weighted by Crippen LogP contribution is 2.20. The number of rotatable bonds is 3. The molecule has 1 saturated heterocycles. The quantitative estimate of drug-likeness (QED) is 0.895. The molecule has 0 spiro atoms. The highest BCUT2D eigenvalue weighted by atomic mass is 16.5. The summed E-state index contributed by atoms with van der Waals surface area (Å²) in [5, 5.41) is 0. The minimum atomic E-state index is 0.146. The summed E-state index contributed by atoms with van der Waals surface area (Å²) >= 11 is 0. The predicted molar refractivity (Wildman–Crippen MR) is 73.8 cm³/mol. The molecule has 3 rings (SSSR count). The molecule has 7 heteroatoms. The van der Waals surface area contributed by atoms with Crippen molar-refractivity contribution in [2.75, 3.05) is 36.9 Å². The van der Waals surface area contributed by atoms with E-state index in [4.69, 9.17) is 15.2 Å². The Hall–Kier alpha value is -2.41. The molecule has 1 aromatic heterocycles. The van der Waals surface area contributed by atoms with Gasteiger partial charge in [0, 0.05) is 13.1 Å². The van der Waals surface area contributed by atoms with Crippen molar-refractivity contribution >= 4 is 11.9 Å². The van der Waals surface area contributed by atoms with Crippen LogP contribution in [-0.4, -0.2) is 41.3 Å². The number of morpholine rings is 1. The maximum atomic E-state index is 5.72. The zero-order chi connectivity index (χ0) is 13.8. The van der Waals surface area contributed by atoms with E-state index in [0.717, 1.165) is 13.1 Å². The molecule has 1 aliphatic rings. The number of ether oxygens (including phenoxy) is 2. The number of nitrogens with two attached hydrogens (primary N) is 1. The van der Waals surface area contributed by atoms with Gasteiger partial charge in [-0.2, -0.15) is 15.0 Å². The maximum absolute atomic E-state index is 5.72. The Morgan fingerprint density at radius 2 is 1.80 bits per heavy atom. The van der Waals surface area contributed by atoms with Gasteiger partial charge in [-0.25, -0.2) is 0 Å². The van der Waals surface area contributed by atoms with Crippen molar-refractivity contribution in [1.82, 2.24) is 15.0 Å². The van der Waals surface area contributed by atoms with Crippen LogP contribution in [0.15, 0.2) is 30.3 Å². The minimum absolute atomic E-state index is 0.146. The number of aromatic nitrogens is 3. The summed E-state index contributed by atoms with van der Waals surface area (Å²) in [6.07, 6.45) is 0. The molecule has 0 saturated carbocycles. The Morgan fingerprint density at radius 3 is 2.55 bits per heavy atom. The Bertz CT molecular complexity index is 572. The molecular formula is C13H15N5O2. The number of anilines is 2. The van der Waals surface area contributed by atoms with Crippen LogP contribution in [-0.2, 0) is 4.74 Å². The van der Waals surface area contributed by atoms with Gasteiger partial charge >= 0.3 is 6.01 Å². The molecule has 1 aliphatic heterocycles. The molecular weight excluding hydrogens is 258 g/mol. The molecule has 0 aliphatic carbocycles. The Morgan fingerprint density at radius 1 is 1.05 bits per heavy atom. The van der Waals surface area contributed by atoms with Gasteiger partial charge in [0.25, 0.3) is 0 Å². The standard InChI is InChI=1S/C13H15N5O2/c14-11-15-12(18-6-8-19-9-7-18)17-13(16-11)20-10-4-2-1-3-5-10/h1-5H,6-9H2,(H2,14,15,16,17). The fraction of sp³-hybridized carbons (Fsp3) is 0.308. The maximum Gasteiger partial charge on any atom is 0.328 e. The first-order valence-electron chi connectivity index (χ1n) is 6.38. The first-order valence-corrected chi connectivity index (χ1v) is 6.38. The van der Waals surface area contributed by atoms with Gasteiger partial charge in [-0.15, -0.1) is 0 Å². The zero-order valence-electron chi connectivity index (χ0n) is 10.9. The van der Waals surface area contributed by atoms with Crippen LogP contribution in [0.2, 0.25) is 0 Å². The van der Waals surface area contributed by atoms with Gasteiger partial charge in [-0.3, -0.25) is 0 Å². The smallest absolute Gasteiger partial charge is 0.328 e. The molecule has 1 fully saturated rings. The van der Waals surface area contributed by atoms with E-state index >= 15 is 0 Å². The average molecular weight is 273 g/mol. The first kappa shape index (κ1) is 12.6. The van der Waals surface area contributed by atoms with Crippen molar-refractivity contribution in [3.63, 3.8) is 0 Å². The number of hydrogen-bond acceptors (Lipinski definition) is 7. The largest absolute Gasteiger partial charge is 0.424 e. The SMILES string of the molecule is Nc1nc(Oc2ccccc2)nc(N2CCOCC2)n1. The van der Waals surface area contributed by atoms with Crippen LogP contribution >= 0.6 is 0 Å². The predicted octanol–water partition coefficient (Wildman–Crippen LogP) is 1.08. The van der Waals surface area contributed by atoms with Gasteiger partial charge < -0.3 is 20.1 Å². The van der Waals surface area contributed by atoms with Crippen molar-refractivity contribution < 1.29 is 9.47 Å². The highest BCUT2D eigenvalue weighted by molar-refractivity contribution is 5.37. The normalized spacial score (nSPS) is 15.1. The second kappa shape index (κ2) is 5.70. The van der Waals surface area contributed by atoms with Crippen LogP contribution in [0.1, 0.15) is 0 Å². The van der Waals surface area contributed by atoms with Crippen LogP contribution < -0.4 is 15.4 Å². The number of nitrogens with zero attached hydrogens (tertiary/aromatic N) is 4. The highest BCUT2D eigenvalue weighted by Gasteiger charge is 2.16. The second-order valence-electron chi connectivity index (χ2n) is 4.29. The van der Waals surface area contributed by atoms with Gasteiger partial charge in [-0.1, -0.05) is 18.2 Å². The molecule has 2 aromatic rings. The van der Waals surface area contributed by atoms with Gasteiger partial charge in [0.05, 0.1) is 13.2 Å². The number of benzene rings is 1. The third-order valence-electron chi connectivity index (χ3n) is 2.87. The van der Waals surface area contributed by atoms with Crippen LogP contribution in [0.3, 0.4) is 0 Å². The molecule has 0 unspecified atom stereocenters. The molecule has 0 atom stereocenters. The summed E-state index contributed by atoms with van der Waals surface area (Å²) in [5.41, 5.74) is 5.72. The summed E-state index contributed by atoms with van der Waals surface area (Å²) in [5.74, 6) is 1.32. The Kier molecular flexibility index (Phi) is 3.60. The first-order chi connectivity index (χ1) is 9.81. The lowest BCUT2D eigenvalue weighted by Crippen LogP contribution is -2.37. The third kappa shape index (κ3) is 2.94. The van der Waals surface area contributed by atoms with Gasteiger partial charge in [-0.05, 0) is 12.1 Å². The third-order valence-corrected chi connectivity index (χ3v) is 2.87. The molecule has 2 N–H and O–H groups in total. The van der Waals surface area contributed by atoms with Crippen molar-refractivity contribution in [3.05, 3.63) is 30.3 Å². The van der Waals surface area contributed by atoms with Crippen LogP contribution in [0, 0.1) is 0 Å². The van der Waals surface area contributed by atoms with Crippen molar-refractivity contribution in [2.45, 2.75) is 0 Å². The van der Waals surface area contributed by atoms with E-state index in [9.17, 15) is 0 Å². The lowest BCUT2D eigenvalue weighted by molar-refractivity contribution is 0.122. The summed E-state index contributed by atoms with van der Waals surface area (Å²) in [6, 6.07) is 9.52.